The highest BCUT2D eigenvalue weighted by molar-refractivity contribution is 9.10. The number of thiazole rings is 1. The van der Waals surface area contributed by atoms with Gasteiger partial charge in [0.25, 0.3) is 0 Å². The number of carbonyl (C=O) groups is 1. The molecule has 162 valence electrons. The number of nitrogens with zero attached hydrogens (tertiary/aromatic N) is 3. The van der Waals surface area contributed by atoms with Gasteiger partial charge in [0.1, 0.15) is 5.01 Å². The monoisotopic (exact) mass is 495 g/mol. The number of benzene rings is 1. The van der Waals surface area contributed by atoms with Gasteiger partial charge in [-0.1, -0.05) is 0 Å². The normalized spacial score (nSPS) is 14.8. The molecule has 1 aromatic heterocycles. The van der Waals surface area contributed by atoms with E-state index in [1.807, 2.05) is 17.5 Å². The number of aromatic nitrogens is 1. The van der Waals surface area contributed by atoms with Gasteiger partial charge < -0.3 is 19.1 Å². The Hall–Kier alpha value is -1.94. The molecule has 3 rings (SSSR count). The molecule has 0 aliphatic carbocycles. The number of morpholine rings is 1. The Morgan fingerprint density at radius 3 is 2.80 bits per heavy atom. The second-order valence-corrected chi connectivity index (χ2v) is 8.68. The van der Waals surface area contributed by atoms with Gasteiger partial charge in [0.15, 0.2) is 11.5 Å². The molecule has 9 heteroatoms. The summed E-state index contributed by atoms with van der Waals surface area (Å²) < 4.78 is 16.8. The molecule has 0 atom stereocenters. The van der Waals surface area contributed by atoms with Gasteiger partial charge in [0.2, 0.25) is 5.91 Å². The zero-order chi connectivity index (χ0) is 21.5. The Kier molecular flexibility index (Phi) is 8.26. The average Bonchev–Trinajstić information content (AvgIpc) is 3.18. The molecule has 1 saturated heterocycles. The molecule has 1 aliphatic heterocycles. The van der Waals surface area contributed by atoms with Crippen molar-refractivity contribution in [1.82, 2.24) is 14.8 Å². The predicted molar refractivity (Wildman–Crippen MR) is 121 cm³/mol. The Morgan fingerprint density at radius 2 is 2.10 bits per heavy atom. The van der Waals surface area contributed by atoms with Crippen molar-refractivity contribution in [2.75, 3.05) is 47.6 Å². The standard InChI is InChI=1S/C21H26BrN3O4S/c1-24(12-16-14-30-19(23-16)13-25-6-8-29-9-7-25)20(26)5-4-15-10-17(22)21(28-3)18(11-15)27-2/h4-5,10-11,14H,6-9,12-13H2,1-3H3/b5-4+. The van der Waals surface area contributed by atoms with Gasteiger partial charge in [-0.15, -0.1) is 11.3 Å². The Morgan fingerprint density at radius 1 is 1.33 bits per heavy atom. The molecular formula is C21H26BrN3O4S. The van der Waals surface area contributed by atoms with Crippen molar-refractivity contribution < 1.29 is 19.0 Å². The molecule has 1 aliphatic rings. The Labute approximate surface area is 189 Å². The van der Waals surface area contributed by atoms with E-state index >= 15 is 0 Å². The summed E-state index contributed by atoms with van der Waals surface area (Å²) in [4.78, 5) is 21.2. The van der Waals surface area contributed by atoms with Crippen LogP contribution in [0.15, 0.2) is 28.1 Å². The third kappa shape index (κ3) is 6.04. The van der Waals surface area contributed by atoms with E-state index in [0.717, 1.165) is 53.6 Å². The summed E-state index contributed by atoms with van der Waals surface area (Å²) in [6.07, 6.45) is 3.31. The van der Waals surface area contributed by atoms with E-state index in [9.17, 15) is 4.79 Å². The van der Waals surface area contributed by atoms with Crippen LogP contribution in [0.2, 0.25) is 0 Å². The molecule has 1 aromatic carbocycles. The highest BCUT2D eigenvalue weighted by atomic mass is 79.9. The minimum atomic E-state index is -0.0939. The molecule has 0 bridgehead atoms. The molecule has 1 amide bonds. The number of methoxy groups -OCH3 is 2. The summed E-state index contributed by atoms with van der Waals surface area (Å²) in [5.74, 6) is 1.13. The molecular weight excluding hydrogens is 470 g/mol. The summed E-state index contributed by atoms with van der Waals surface area (Å²) in [6, 6.07) is 3.70. The van der Waals surface area contributed by atoms with Crippen LogP contribution >= 0.6 is 27.3 Å². The quantitative estimate of drug-likeness (QED) is 0.522. The van der Waals surface area contributed by atoms with Crippen molar-refractivity contribution in [2.45, 2.75) is 13.1 Å². The number of carbonyl (C=O) groups excluding carboxylic acids is 1. The number of likely N-dealkylation sites (N-methyl/N-ethyl adjacent to an activating group) is 1. The first-order valence-corrected chi connectivity index (χ1v) is 11.3. The molecule has 30 heavy (non-hydrogen) atoms. The molecule has 0 N–H and O–H groups in total. The van der Waals surface area contributed by atoms with E-state index < -0.39 is 0 Å². The van der Waals surface area contributed by atoms with E-state index in [2.05, 4.69) is 25.8 Å². The fourth-order valence-corrected chi connectivity index (χ4v) is 4.54. The van der Waals surface area contributed by atoms with Crippen LogP contribution in [0.3, 0.4) is 0 Å². The lowest BCUT2D eigenvalue weighted by Crippen LogP contribution is -2.35. The third-order valence-electron chi connectivity index (χ3n) is 4.71. The maximum atomic E-state index is 12.5. The number of hydrogen-bond donors (Lipinski definition) is 0. The van der Waals surface area contributed by atoms with Crippen molar-refractivity contribution >= 4 is 39.2 Å². The molecule has 0 saturated carbocycles. The van der Waals surface area contributed by atoms with Gasteiger partial charge in [-0.05, 0) is 39.7 Å². The fourth-order valence-electron chi connectivity index (χ4n) is 3.09. The Balaban J connectivity index is 1.57. The second kappa shape index (κ2) is 10.9. The van der Waals surface area contributed by atoms with Crippen LogP contribution in [-0.2, 0) is 22.6 Å². The van der Waals surface area contributed by atoms with Crippen LogP contribution in [-0.4, -0.2) is 68.3 Å². The maximum Gasteiger partial charge on any atom is 0.246 e. The van der Waals surface area contributed by atoms with Crippen molar-refractivity contribution in [3.05, 3.63) is 44.3 Å². The highest BCUT2D eigenvalue weighted by Gasteiger charge is 2.14. The van der Waals surface area contributed by atoms with Crippen LogP contribution in [0.4, 0.5) is 0 Å². The largest absolute Gasteiger partial charge is 0.493 e. The van der Waals surface area contributed by atoms with Gasteiger partial charge in [-0.25, -0.2) is 4.98 Å². The van der Waals surface area contributed by atoms with E-state index in [1.54, 1.807) is 49.7 Å². The van der Waals surface area contributed by atoms with Crippen LogP contribution in [0, 0.1) is 0 Å². The first-order chi connectivity index (χ1) is 14.5. The summed E-state index contributed by atoms with van der Waals surface area (Å²) in [5.41, 5.74) is 1.74. The van der Waals surface area contributed by atoms with Crippen LogP contribution in [0.5, 0.6) is 11.5 Å². The highest BCUT2D eigenvalue weighted by Crippen LogP contribution is 2.36. The number of amides is 1. The smallest absolute Gasteiger partial charge is 0.246 e. The number of rotatable bonds is 8. The SMILES string of the molecule is COc1cc(/C=C/C(=O)N(C)Cc2csc(CN3CCOCC3)n2)cc(Br)c1OC. The van der Waals surface area contributed by atoms with Crippen molar-refractivity contribution in [3.63, 3.8) is 0 Å². The topological polar surface area (TPSA) is 64.1 Å². The van der Waals surface area contributed by atoms with E-state index in [0.29, 0.717) is 18.0 Å². The van der Waals surface area contributed by atoms with Gasteiger partial charge in [0, 0.05) is 31.6 Å². The van der Waals surface area contributed by atoms with Gasteiger partial charge in [-0.2, -0.15) is 0 Å². The van der Waals surface area contributed by atoms with Crippen molar-refractivity contribution in [2.24, 2.45) is 0 Å². The van der Waals surface area contributed by atoms with Gasteiger partial charge in [0.05, 0.1) is 50.7 Å². The fraction of sp³-hybridized carbons (Fsp3) is 0.429. The number of halogens is 1. The first kappa shape index (κ1) is 22.7. The lowest BCUT2D eigenvalue weighted by atomic mass is 10.2. The predicted octanol–water partition coefficient (Wildman–Crippen LogP) is 3.43. The van der Waals surface area contributed by atoms with E-state index in [-0.39, 0.29) is 5.91 Å². The summed E-state index contributed by atoms with van der Waals surface area (Å²) in [5, 5.41) is 3.09. The van der Waals surface area contributed by atoms with Gasteiger partial charge in [-0.3, -0.25) is 9.69 Å². The summed E-state index contributed by atoms with van der Waals surface area (Å²) in [6.45, 7) is 4.73. The minimum absolute atomic E-state index is 0.0939. The van der Waals surface area contributed by atoms with Crippen molar-refractivity contribution in [3.8, 4) is 11.5 Å². The molecule has 0 radical (unpaired) electrons. The lowest BCUT2D eigenvalue weighted by molar-refractivity contribution is -0.125. The van der Waals surface area contributed by atoms with Crippen molar-refractivity contribution in [1.29, 1.82) is 0 Å². The Bertz CT molecular complexity index is 896. The molecule has 2 aromatic rings. The van der Waals surface area contributed by atoms with E-state index in [1.165, 1.54) is 0 Å². The molecule has 7 nitrogen and oxygen atoms in total. The third-order valence-corrected chi connectivity index (χ3v) is 6.18. The minimum Gasteiger partial charge on any atom is -0.493 e. The first-order valence-electron chi connectivity index (χ1n) is 9.58. The van der Waals surface area contributed by atoms with E-state index in [4.69, 9.17) is 14.2 Å². The number of hydrogen-bond acceptors (Lipinski definition) is 7. The summed E-state index contributed by atoms with van der Waals surface area (Å²) >= 11 is 5.10. The second-order valence-electron chi connectivity index (χ2n) is 6.89. The average molecular weight is 496 g/mol. The molecule has 2 heterocycles. The molecule has 0 spiro atoms. The lowest BCUT2D eigenvalue weighted by Gasteiger charge is -2.25. The summed E-state index contributed by atoms with van der Waals surface area (Å²) in [7, 11) is 4.94. The van der Waals surface area contributed by atoms with Crippen LogP contribution < -0.4 is 9.47 Å². The van der Waals surface area contributed by atoms with Crippen LogP contribution in [0.1, 0.15) is 16.3 Å². The maximum absolute atomic E-state index is 12.5. The molecule has 0 unspecified atom stereocenters. The van der Waals surface area contributed by atoms with Crippen LogP contribution in [0.25, 0.3) is 6.08 Å². The molecule has 1 fully saturated rings. The zero-order valence-electron chi connectivity index (χ0n) is 17.4. The zero-order valence-corrected chi connectivity index (χ0v) is 19.8. The number of ether oxygens (including phenoxy) is 3. The van der Waals surface area contributed by atoms with Gasteiger partial charge >= 0.3 is 0 Å².